The number of hydrogen-bond acceptors (Lipinski definition) is 2. The molecular formula is C14H17NO2. The highest BCUT2D eigenvalue weighted by Crippen LogP contribution is 2.36. The van der Waals surface area contributed by atoms with Crippen LogP contribution in [0, 0.1) is 6.92 Å². The van der Waals surface area contributed by atoms with Gasteiger partial charge in [-0.15, -0.1) is 0 Å². The van der Waals surface area contributed by atoms with Gasteiger partial charge in [-0.2, -0.15) is 0 Å². The minimum Gasteiger partial charge on any atom is -0.496 e. The van der Waals surface area contributed by atoms with Crippen molar-refractivity contribution in [3.8, 4) is 5.75 Å². The Balaban J connectivity index is 2.63. The second-order valence-electron chi connectivity index (χ2n) is 4.39. The van der Waals surface area contributed by atoms with Crippen LogP contribution in [0.1, 0.15) is 30.4 Å². The molecule has 1 unspecified atom stereocenters. The van der Waals surface area contributed by atoms with Crippen molar-refractivity contribution in [3.63, 3.8) is 0 Å². The fraction of sp³-hybridized carbons (Fsp3) is 0.357. The number of carbonyl (C=O) groups excluding carboxylic acids is 1. The Morgan fingerprint density at radius 3 is 2.88 bits per heavy atom. The highest BCUT2D eigenvalue weighted by Gasteiger charge is 2.16. The molecule has 1 heterocycles. The summed E-state index contributed by atoms with van der Waals surface area (Å²) in [5.74, 6) is 1.07. The number of benzene rings is 1. The third kappa shape index (κ3) is 1.93. The Morgan fingerprint density at radius 2 is 2.24 bits per heavy atom. The fourth-order valence-corrected chi connectivity index (χ4v) is 2.25. The van der Waals surface area contributed by atoms with E-state index in [1.807, 2.05) is 25.3 Å². The third-order valence-corrected chi connectivity index (χ3v) is 3.21. The maximum Gasteiger partial charge on any atom is 0.131 e. The predicted molar refractivity (Wildman–Crippen MR) is 68.7 cm³/mol. The number of carbonyl (C=O) groups is 1. The lowest BCUT2D eigenvalue weighted by Gasteiger charge is -2.15. The number of aromatic amines is 1. The number of fused-ring (bicyclic) bond motifs is 1. The van der Waals surface area contributed by atoms with E-state index in [2.05, 4.69) is 11.9 Å². The van der Waals surface area contributed by atoms with Gasteiger partial charge < -0.3 is 14.5 Å². The van der Waals surface area contributed by atoms with E-state index >= 15 is 0 Å². The number of hydrogen-bond donors (Lipinski definition) is 1. The largest absolute Gasteiger partial charge is 0.496 e. The van der Waals surface area contributed by atoms with Crippen molar-refractivity contribution in [2.24, 2.45) is 0 Å². The smallest absolute Gasteiger partial charge is 0.131 e. The van der Waals surface area contributed by atoms with Crippen molar-refractivity contribution in [1.82, 2.24) is 4.98 Å². The number of aryl methyl sites for hydroxylation is 1. The Bertz CT molecular complexity index is 542. The van der Waals surface area contributed by atoms with E-state index in [1.54, 1.807) is 7.11 Å². The van der Waals surface area contributed by atoms with Crippen LogP contribution in [0.15, 0.2) is 18.3 Å². The first kappa shape index (κ1) is 11.7. The van der Waals surface area contributed by atoms with Crippen molar-refractivity contribution in [2.75, 3.05) is 7.11 Å². The van der Waals surface area contributed by atoms with Crippen LogP contribution in [0.4, 0.5) is 0 Å². The Hall–Kier alpha value is -1.77. The Morgan fingerprint density at radius 1 is 1.47 bits per heavy atom. The van der Waals surface area contributed by atoms with E-state index in [1.165, 1.54) is 0 Å². The van der Waals surface area contributed by atoms with Crippen molar-refractivity contribution in [3.05, 3.63) is 29.5 Å². The van der Waals surface area contributed by atoms with Crippen LogP contribution in [0.3, 0.4) is 0 Å². The van der Waals surface area contributed by atoms with Gasteiger partial charge in [0, 0.05) is 23.5 Å². The zero-order valence-electron chi connectivity index (χ0n) is 10.4. The average Bonchev–Trinajstić information content (AvgIpc) is 2.70. The third-order valence-electron chi connectivity index (χ3n) is 3.21. The van der Waals surface area contributed by atoms with Crippen LogP contribution in [0.2, 0.25) is 0 Å². The molecule has 1 aromatic carbocycles. The summed E-state index contributed by atoms with van der Waals surface area (Å²) in [6, 6.07) is 4.08. The Kier molecular flexibility index (Phi) is 3.18. The highest BCUT2D eigenvalue weighted by molar-refractivity contribution is 5.90. The average molecular weight is 231 g/mol. The lowest BCUT2D eigenvalue weighted by atomic mass is 9.95. The molecule has 0 aliphatic heterocycles. The fourth-order valence-electron chi connectivity index (χ4n) is 2.25. The number of ether oxygens (including phenoxy) is 1. The van der Waals surface area contributed by atoms with Crippen molar-refractivity contribution in [2.45, 2.75) is 26.2 Å². The minimum atomic E-state index is 0.182. The SMILES string of the molecule is COc1c(C(C)CC=O)ccc2[nH]cc(C)c12. The molecule has 3 nitrogen and oxygen atoms in total. The van der Waals surface area contributed by atoms with E-state index < -0.39 is 0 Å². The van der Waals surface area contributed by atoms with Gasteiger partial charge in [-0.05, 0) is 30.0 Å². The molecule has 0 radical (unpaired) electrons. The predicted octanol–water partition coefficient (Wildman–Crippen LogP) is 3.18. The molecule has 1 aromatic heterocycles. The first-order valence-electron chi connectivity index (χ1n) is 5.77. The van der Waals surface area contributed by atoms with Crippen LogP contribution in [0.5, 0.6) is 5.75 Å². The summed E-state index contributed by atoms with van der Waals surface area (Å²) in [6.45, 7) is 4.09. The van der Waals surface area contributed by atoms with Gasteiger partial charge in [0.2, 0.25) is 0 Å². The van der Waals surface area contributed by atoms with Crippen molar-refractivity contribution >= 4 is 17.2 Å². The number of methoxy groups -OCH3 is 1. The zero-order valence-corrected chi connectivity index (χ0v) is 10.4. The van der Waals surface area contributed by atoms with Gasteiger partial charge in [0.25, 0.3) is 0 Å². The van der Waals surface area contributed by atoms with Crippen LogP contribution in [-0.2, 0) is 4.79 Å². The molecule has 0 saturated carbocycles. The highest BCUT2D eigenvalue weighted by atomic mass is 16.5. The molecule has 0 amide bonds. The van der Waals surface area contributed by atoms with Gasteiger partial charge in [0.1, 0.15) is 12.0 Å². The van der Waals surface area contributed by atoms with Gasteiger partial charge >= 0.3 is 0 Å². The first-order chi connectivity index (χ1) is 8.19. The standard InChI is InChI=1S/C14H17NO2/c1-9(6-7-16)11-4-5-12-13(14(11)17-3)10(2)8-15-12/h4-5,7-9,15H,6H2,1-3H3. The lowest BCUT2D eigenvalue weighted by molar-refractivity contribution is -0.108. The monoisotopic (exact) mass is 231 g/mol. The van der Waals surface area contributed by atoms with E-state index in [-0.39, 0.29) is 5.92 Å². The van der Waals surface area contributed by atoms with Gasteiger partial charge in [0.05, 0.1) is 7.11 Å². The topological polar surface area (TPSA) is 42.1 Å². The number of aromatic nitrogens is 1. The molecule has 3 heteroatoms. The molecule has 17 heavy (non-hydrogen) atoms. The summed E-state index contributed by atoms with van der Waals surface area (Å²) in [5, 5.41) is 1.11. The number of aldehydes is 1. The van der Waals surface area contributed by atoms with Crippen LogP contribution in [-0.4, -0.2) is 18.4 Å². The van der Waals surface area contributed by atoms with E-state index in [0.29, 0.717) is 6.42 Å². The molecular weight excluding hydrogens is 214 g/mol. The summed E-state index contributed by atoms with van der Waals surface area (Å²) in [5.41, 5.74) is 3.33. The maximum absolute atomic E-state index is 10.6. The van der Waals surface area contributed by atoms with Gasteiger partial charge in [-0.1, -0.05) is 13.0 Å². The van der Waals surface area contributed by atoms with Crippen molar-refractivity contribution < 1.29 is 9.53 Å². The molecule has 0 bridgehead atoms. The zero-order chi connectivity index (χ0) is 12.4. The summed E-state index contributed by atoms with van der Waals surface area (Å²) in [4.78, 5) is 13.8. The van der Waals surface area contributed by atoms with Gasteiger partial charge in [-0.25, -0.2) is 0 Å². The summed E-state index contributed by atoms with van der Waals surface area (Å²) >= 11 is 0. The molecule has 1 atom stereocenters. The Labute approximate surface area is 101 Å². The van der Waals surface area contributed by atoms with E-state index in [4.69, 9.17) is 4.74 Å². The maximum atomic E-state index is 10.6. The second-order valence-corrected chi connectivity index (χ2v) is 4.39. The molecule has 0 saturated heterocycles. The minimum absolute atomic E-state index is 0.182. The normalized spacial score (nSPS) is 12.6. The first-order valence-corrected chi connectivity index (χ1v) is 5.77. The number of nitrogens with one attached hydrogen (secondary N) is 1. The second kappa shape index (κ2) is 4.62. The molecule has 2 aromatic rings. The van der Waals surface area contributed by atoms with Crippen molar-refractivity contribution in [1.29, 1.82) is 0 Å². The number of H-pyrrole nitrogens is 1. The van der Waals surface area contributed by atoms with Gasteiger partial charge in [-0.3, -0.25) is 0 Å². The molecule has 0 spiro atoms. The summed E-state index contributed by atoms with van der Waals surface area (Å²) in [7, 11) is 1.68. The van der Waals surface area contributed by atoms with Crippen LogP contribution < -0.4 is 4.74 Å². The lowest BCUT2D eigenvalue weighted by Crippen LogP contribution is -1.99. The molecule has 90 valence electrons. The quantitative estimate of drug-likeness (QED) is 0.821. The molecule has 1 N–H and O–H groups in total. The number of rotatable bonds is 4. The molecule has 0 fully saturated rings. The van der Waals surface area contributed by atoms with Crippen LogP contribution in [0.25, 0.3) is 10.9 Å². The molecule has 0 aliphatic carbocycles. The molecule has 0 aliphatic rings. The van der Waals surface area contributed by atoms with E-state index in [9.17, 15) is 4.79 Å². The van der Waals surface area contributed by atoms with E-state index in [0.717, 1.165) is 34.1 Å². The van der Waals surface area contributed by atoms with Crippen LogP contribution >= 0.6 is 0 Å². The summed E-state index contributed by atoms with van der Waals surface area (Å²) < 4.78 is 5.53. The van der Waals surface area contributed by atoms with Gasteiger partial charge in [0.15, 0.2) is 0 Å². The molecule has 2 rings (SSSR count). The summed E-state index contributed by atoms with van der Waals surface area (Å²) in [6.07, 6.45) is 3.45.